The summed E-state index contributed by atoms with van der Waals surface area (Å²) in [4.78, 5) is 0.0311. The molecule has 5 nitrogen and oxygen atoms in total. The molecule has 8 heteroatoms. The summed E-state index contributed by atoms with van der Waals surface area (Å²) in [5.41, 5.74) is 0.590. The van der Waals surface area contributed by atoms with Crippen LogP contribution in [0.25, 0.3) is 0 Å². The topological polar surface area (TPSA) is 72.2 Å². The minimum absolute atomic E-state index is 0.0311. The lowest BCUT2D eigenvalue weighted by Gasteiger charge is -2.09. The van der Waals surface area contributed by atoms with Crippen LogP contribution in [-0.4, -0.2) is 13.6 Å². The highest BCUT2D eigenvalue weighted by molar-refractivity contribution is 9.10. The van der Waals surface area contributed by atoms with Gasteiger partial charge in [-0.25, -0.2) is 8.42 Å². The van der Waals surface area contributed by atoms with Crippen molar-refractivity contribution in [1.29, 1.82) is 0 Å². The number of halogens is 2. The Balaban J connectivity index is 2.45. The molecule has 0 aliphatic rings. The maximum atomic E-state index is 12.3. The first kappa shape index (κ1) is 14.4. The van der Waals surface area contributed by atoms with E-state index in [9.17, 15) is 8.42 Å². The lowest BCUT2D eigenvalue weighted by Crippen LogP contribution is -2.14. The highest BCUT2D eigenvalue weighted by Crippen LogP contribution is 2.29. The van der Waals surface area contributed by atoms with Crippen molar-refractivity contribution in [3.8, 4) is 0 Å². The molecule has 0 saturated heterocycles. The number of aromatic nitrogens is 1. The van der Waals surface area contributed by atoms with Gasteiger partial charge in [-0.15, -0.1) is 0 Å². The Morgan fingerprint density at radius 3 is 2.63 bits per heavy atom. The van der Waals surface area contributed by atoms with E-state index in [0.717, 1.165) is 0 Å². The molecule has 0 unspecified atom stereocenters. The first-order chi connectivity index (χ1) is 8.81. The number of rotatable bonds is 3. The number of anilines is 1. The Labute approximate surface area is 124 Å². The number of hydrogen-bond acceptors (Lipinski definition) is 4. The predicted octanol–water partition coefficient (Wildman–Crippen LogP) is 3.51. The summed E-state index contributed by atoms with van der Waals surface area (Å²) < 4.78 is 32.6. The van der Waals surface area contributed by atoms with Gasteiger partial charge in [0.1, 0.15) is 5.69 Å². The van der Waals surface area contributed by atoms with Crippen LogP contribution in [0.15, 0.2) is 32.1 Å². The van der Waals surface area contributed by atoms with Gasteiger partial charge in [-0.05, 0) is 32.0 Å². The summed E-state index contributed by atoms with van der Waals surface area (Å²) in [5.74, 6) is 0.233. The average molecular weight is 366 g/mol. The third kappa shape index (κ3) is 2.93. The zero-order valence-electron chi connectivity index (χ0n) is 10.1. The Bertz CT molecular complexity index is 708. The van der Waals surface area contributed by atoms with Gasteiger partial charge in [0, 0.05) is 4.47 Å². The first-order valence-corrected chi connectivity index (χ1v) is 7.87. The number of nitrogens with zero attached hydrogens (tertiary/aromatic N) is 1. The van der Waals surface area contributed by atoms with E-state index in [4.69, 9.17) is 16.1 Å². The molecule has 1 aromatic heterocycles. The van der Waals surface area contributed by atoms with Gasteiger partial charge in [-0.1, -0.05) is 32.7 Å². The fourth-order valence-electron chi connectivity index (χ4n) is 1.63. The fourth-order valence-corrected chi connectivity index (χ4v) is 3.61. The van der Waals surface area contributed by atoms with Gasteiger partial charge in [0.25, 0.3) is 10.0 Å². The van der Waals surface area contributed by atoms with Gasteiger partial charge < -0.3 is 4.52 Å². The zero-order chi connectivity index (χ0) is 14.2. The summed E-state index contributed by atoms with van der Waals surface area (Å²) in [6.07, 6.45) is 0. The summed E-state index contributed by atoms with van der Waals surface area (Å²) in [6, 6.07) is 4.89. The van der Waals surface area contributed by atoms with E-state index in [1.807, 2.05) is 0 Å². The van der Waals surface area contributed by atoms with Gasteiger partial charge in [0.2, 0.25) is 0 Å². The molecule has 0 bridgehead atoms. The van der Waals surface area contributed by atoms with Gasteiger partial charge >= 0.3 is 0 Å². The van der Waals surface area contributed by atoms with E-state index in [1.165, 1.54) is 6.92 Å². The minimum Gasteiger partial charge on any atom is -0.360 e. The number of aryl methyl sites for hydroxylation is 2. The van der Waals surface area contributed by atoms with Crippen molar-refractivity contribution in [2.24, 2.45) is 0 Å². The van der Waals surface area contributed by atoms with E-state index >= 15 is 0 Å². The maximum Gasteiger partial charge on any atom is 0.267 e. The molecule has 1 aromatic carbocycles. The molecule has 0 amide bonds. The van der Waals surface area contributed by atoms with E-state index in [0.29, 0.717) is 15.2 Å². The molecule has 0 aliphatic heterocycles. The molecule has 1 heterocycles. The molecule has 0 fully saturated rings. The van der Waals surface area contributed by atoms with Gasteiger partial charge in [0.15, 0.2) is 10.7 Å². The number of hydrogen-bond donors (Lipinski definition) is 1. The molecule has 19 heavy (non-hydrogen) atoms. The van der Waals surface area contributed by atoms with Crippen LogP contribution in [0, 0.1) is 13.8 Å². The average Bonchev–Trinajstić information content (AvgIpc) is 2.64. The first-order valence-electron chi connectivity index (χ1n) is 5.22. The Hall–Kier alpha value is -1.05. The second-order valence-corrected chi connectivity index (χ2v) is 6.83. The molecule has 1 N–H and O–H groups in total. The van der Waals surface area contributed by atoms with Crippen molar-refractivity contribution < 1.29 is 12.9 Å². The Morgan fingerprint density at radius 2 is 2.05 bits per heavy atom. The number of sulfonamides is 1. The van der Waals surface area contributed by atoms with E-state index in [2.05, 4.69) is 25.8 Å². The SMILES string of the molecule is Cc1noc(C)c1S(=O)(=O)Nc1cc(Br)ccc1Cl. The van der Waals surface area contributed by atoms with Gasteiger partial charge in [-0.2, -0.15) is 0 Å². The molecule has 2 rings (SSSR count). The summed E-state index contributed by atoms with van der Waals surface area (Å²) in [5, 5.41) is 3.93. The van der Waals surface area contributed by atoms with Crippen molar-refractivity contribution in [3.05, 3.63) is 39.1 Å². The summed E-state index contributed by atoms with van der Waals surface area (Å²) in [6.45, 7) is 3.10. The Kier molecular flexibility index (Phi) is 3.89. The fraction of sp³-hybridized carbons (Fsp3) is 0.182. The third-order valence-corrected chi connectivity index (χ3v) is 4.84. The Morgan fingerprint density at radius 1 is 1.37 bits per heavy atom. The molecule has 102 valence electrons. The highest BCUT2D eigenvalue weighted by Gasteiger charge is 2.24. The largest absolute Gasteiger partial charge is 0.360 e. The molecular formula is C11H10BrClN2O3S. The van der Waals surface area contributed by atoms with Crippen molar-refractivity contribution >= 4 is 43.2 Å². The maximum absolute atomic E-state index is 12.3. The quantitative estimate of drug-likeness (QED) is 0.903. The van der Waals surface area contributed by atoms with Crippen molar-refractivity contribution in [3.63, 3.8) is 0 Å². The van der Waals surface area contributed by atoms with E-state index in [1.54, 1.807) is 25.1 Å². The van der Waals surface area contributed by atoms with E-state index < -0.39 is 10.0 Å². The van der Waals surface area contributed by atoms with Crippen molar-refractivity contribution in [2.45, 2.75) is 18.7 Å². The zero-order valence-corrected chi connectivity index (χ0v) is 13.2. The third-order valence-electron chi connectivity index (χ3n) is 2.41. The standard InChI is InChI=1S/C11H10BrClN2O3S/c1-6-11(7(2)18-14-6)19(16,17)15-10-5-8(12)3-4-9(10)13/h3-5,15H,1-2H3. The van der Waals surface area contributed by atoms with Crippen LogP contribution in [-0.2, 0) is 10.0 Å². The minimum atomic E-state index is -3.78. The van der Waals surface area contributed by atoms with Gasteiger partial charge in [-0.3, -0.25) is 4.72 Å². The van der Waals surface area contributed by atoms with Crippen LogP contribution in [0.1, 0.15) is 11.5 Å². The van der Waals surface area contributed by atoms with Crippen LogP contribution >= 0.6 is 27.5 Å². The second kappa shape index (κ2) is 5.15. The monoisotopic (exact) mass is 364 g/mol. The lowest BCUT2D eigenvalue weighted by atomic mass is 10.3. The molecule has 0 aliphatic carbocycles. The smallest absolute Gasteiger partial charge is 0.267 e. The van der Waals surface area contributed by atoms with Crippen LogP contribution in [0.4, 0.5) is 5.69 Å². The van der Waals surface area contributed by atoms with Crippen LogP contribution in [0.3, 0.4) is 0 Å². The van der Waals surface area contributed by atoms with Crippen molar-refractivity contribution in [1.82, 2.24) is 5.16 Å². The molecule has 0 atom stereocenters. The van der Waals surface area contributed by atoms with Crippen molar-refractivity contribution in [2.75, 3.05) is 4.72 Å². The molecule has 2 aromatic rings. The molecule has 0 spiro atoms. The lowest BCUT2D eigenvalue weighted by molar-refractivity contribution is 0.390. The van der Waals surface area contributed by atoms with Crippen LogP contribution in [0.2, 0.25) is 5.02 Å². The molecule has 0 radical (unpaired) electrons. The van der Waals surface area contributed by atoms with Crippen LogP contribution < -0.4 is 4.72 Å². The van der Waals surface area contributed by atoms with Gasteiger partial charge in [0.05, 0.1) is 10.7 Å². The summed E-state index contributed by atoms with van der Waals surface area (Å²) >= 11 is 9.21. The number of benzene rings is 1. The summed E-state index contributed by atoms with van der Waals surface area (Å²) in [7, 11) is -3.78. The molecular weight excluding hydrogens is 356 g/mol. The highest BCUT2D eigenvalue weighted by atomic mass is 79.9. The number of nitrogens with one attached hydrogen (secondary N) is 1. The van der Waals surface area contributed by atoms with E-state index in [-0.39, 0.29) is 16.3 Å². The van der Waals surface area contributed by atoms with Crippen LogP contribution in [0.5, 0.6) is 0 Å². The predicted molar refractivity (Wildman–Crippen MR) is 75.9 cm³/mol. The molecule has 0 saturated carbocycles. The second-order valence-electron chi connectivity index (χ2n) is 3.88. The normalized spacial score (nSPS) is 11.6.